The van der Waals surface area contributed by atoms with Gasteiger partial charge < -0.3 is 10.1 Å². The second-order valence-corrected chi connectivity index (χ2v) is 5.01. The first-order valence-corrected chi connectivity index (χ1v) is 7.26. The van der Waals surface area contributed by atoms with Crippen LogP contribution in [0.2, 0.25) is 0 Å². The molecule has 0 heterocycles. The van der Waals surface area contributed by atoms with Gasteiger partial charge >= 0.3 is 0 Å². The van der Waals surface area contributed by atoms with Crippen LogP contribution in [-0.2, 0) is 18.0 Å². The summed E-state index contributed by atoms with van der Waals surface area (Å²) in [6.07, 6.45) is -0.643. The first-order chi connectivity index (χ1) is 11.6. The summed E-state index contributed by atoms with van der Waals surface area (Å²) >= 11 is 0. The third-order valence-corrected chi connectivity index (χ3v) is 3.17. The van der Waals surface area contributed by atoms with Crippen molar-refractivity contribution in [2.24, 2.45) is 0 Å². The molecule has 0 aliphatic carbocycles. The highest BCUT2D eigenvalue weighted by molar-refractivity contribution is 5.95. The fourth-order valence-electron chi connectivity index (χ4n) is 1.97. The Hall–Kier alpha value is -2.60. The van der Waals surface area contributed by atoms with Crippen LogP contribution in [0.4, 0.5) is 18.9 Å². The van der Waals surface area contributed by atoms with Crippen LogP contribution in [0.25, 0.3) is 0 Å². The maximum Gasteiger partial charge on any atom is 0.279 e. The number of halogens is 3. The van der Waals surface area contributed by atoms with Gasteiger partial charge in [-0.05, 0) is 29.8 Å². The predicted molar refractivity (Wildman–Crippen MR) is 87.8 cm³/mol. The third kappa shape index (κ3) is 5.55. The average Bonchev–Trinajstić information content (AvgIpc) is 2.57. The van der Waals surface area contributed by atoms with Crippen molar-refractivity contribution in [1.29, 1.82) is 5.41 Å². The van der Waals surface area contributed by atoms with E-state index in [1.165, 1.54) is 24.4 Å². The van der Waals surface area contributed by atoms with E-state index in [1.54, 1.807) is 0 Å². The lowest BCUT2D eigenvalue weighted by molar-refractivity contribution is 0.107. The Labute approximate surface area is 138 Å². The lowest BCUT2D eigenvalue weighted by Crippen LogP contribution is -2.06. The Balaban J connectivity index is 1.98. The molecular formula is C18H17F3N2O. The lowest BCUT2D eigenvalue weighted by atomic mass is 10.2. The van der Waals surface area contributed by atoms with Crippen LogP contribution in [-0.4, -0.2) is 12.1 Å². The van der Waals surface area contributed by atoms with Crippen molar-refractivity contribution in [2.45, 2.75) is 19.6 Å². The number of alkyl halides is 2. The molecule has 0 bridgehead atoms. The van der Waals surface area contributed by atoms with Gasteiger partial charge in [0.1, 0.15) is 5.82 Å². The molecule has 24 heavy (non-hydrogen) atoms. The molecule has 0 atom stereocenters. The van der Waals surface area contributed by atoms with Crippen LogP contribution in [0.15, 0.2) is 60.8 Å². The summed E-state index contributed by atoms with van der Waals surface area (Å²) in [7, 11) is 0. The second kappa shape index (κ2) is 8.88. The number of hydrogen-bond acceptors (Lipinski definition) is 3. The molecule has 0 spiro atoms. The number of nitrogens with one attached hydrogen (secondary N) is 2. The quantitative estimate of drug-likeness (QED) is 0.684. The van der Waals surface area contributed by atoms with E-state index in [2.05, 4.69) is 5.32 Å². The van der Waals surface area contributed by atoms with Crippen molar-refractivity contribution in [1.82, 2.24) is 0 Å². The van der Waals surface area contributed by atoms with Gasteiger partial charge in [-0.3, -0.25) is 5.41 Å². The van der Waals surface area contributed by atoms with Gasteiger partial charge in [0.05, 0.1) is 18.9 Å². The molecular weight excluding hydrogens is 317 g/mol. The summed E-state index contributed by atoms with van der Waals surface area (Å²) in [6, 6.07) is 13.6. The molecule has 3 nitrogen and oxygen atoms in total. The van der Waals surface area contributed by atoms with Crippen LogP contribution in [0.5, 0.6) is 0 Å². The monoisotopic (exact) mass is 334 g/mol. The molecule has 0 saturated heterocycles. The lowest BCUT2D eigenvalue weighted by Gasteiger charge is -2.10. The average molecular weight is 334 g/mol. The van der Waals surface area contributed by atoms with Gasteiger partial charge in [-0.2, -0.15) is 0 Å². The van der Waals surface area contributed by atoms with Crippen molar-refractivity contribution < 1.29 is 17.9 Å². The highest BCUT2D eigenvalue weighted by atomic mass is 19.3. The zero-order valence-electron chi connectivity index (χ0n) is 12.8. The molecule has 0 aliphatic heterocycles. The Kier molecular flexibility index (Phi) is 6.57. The van der Waals surface area contributed by atoms with Gasteiger partial charge in [0.25, 0.3) is 6.43 Å². The summed E-state index contributed by atoms with van der Waals surface area (Å²) in [5.41, 5.74) is 1.28. The van der Waals surface area contributed by atoms with E-state index < -0.39 is 18.0 Å². The van der Waals surface area contributed by atoms with E-state index >= 15 is 0 Å². The summed E-state index contributed by atoms with van der Waals surface area (Å²) < 4.78 is 43.5. The normalized spacial score (nSPS) is 11.2. The number of allylic oxidation sites excluding steroid dienone is 1. The van der Waals surface area contributed by atoms with Gasteiger partial charge in [0.2, 0.25) is 0 Å². The molecule has 0 saturated carbocycles. The molecule has 2 N–H and O–H groups in total. The van der Waals surface area contributed by atoms with Gasteiger partial charge in [-0.15, -0.1) is 0 Å². The first-order valence-electron chi connectivity index (χ1n) is 7.26. The Bertz CT molecular complexity index is 703. The molecule has 126 valence electrons. The Morgan fingerprint density at radius 2 is 1.88 bits per heavy atom. The Morgan fingerprint density at radius 3 is 2.58 bits per heavy atom. The maximum atomic E-state index is 13.4. The van der Waals surface area contributed by atoms with Gasteiger partial charge in [0.15, 0.2) is 0 Å². The van der Waals surface area contributed by atoms with Crippen molar-refractivity contribution in [3.05, 3.63) is 77.8 Å². The van der Waals surface area contributed by atoms with Crippen LogP contribution in [0.1, 0.15) is 11.1 Å². The molecule has 6 heteroatoms. The number of hydrogen-bond donors (Lipinski definition) is 2. The summed E-state index contributed by atoms with van der Waals surface area (Å²) in [6.45, 7) is 0.539. The zero-order valence-corrected chi connectivity index (χ0v) is 12.8. The van der Waals surface area contributed by atoms with Crippen LogP contribution >= 0.6 is 0 Å². The molecule has 2 aromatic carbocycles. The summed E-state index contributed by atoms with van der Waals surface area (Å²) in [4.78, 5) is 0. The minimum atomic E-state index is -2.83. The fourth-order valence-corrected chi connectivity index (χ4v) is 1.97. The summed E-state index contributed by atoms with van der Waals surface area (Å²) in [5, 5.41) is 9.82. The SMILES string of the molecule is N=C(/C=C\Nc1ccc(F)cc1COCc1ccccc1)C(F)F. The van der Waals surface area contributed by atoms with Gasteiger partial charge in [-0.1, -0.05) is 30.3 Å². The molecule has 2 aromatic rings. The number of rotatable bonds is 8. The van der Waals surface area contributed by atoms with Crippen molar-refractivity contribution in [3.63, 3.8) is 0 Å². The van der Waals surface area contributed by atoms with Crippen LogP contribution in [0.3, 0.4) is 0 Å². The molecule has 0 fully saturated rings. The molecule has 0 radical (unpaired) electrons. The maximum absolute atomic E-state index is 13.4. The number of ether oxygens (including phenoxy) is 1. The molecule has 2 rings (SSSR count). The molecule has 0 amide bonds. The van der Waals surface area contributed by atoms with Crippen LogP contribution in [0, 0.1) is 11.2 Å². The van der Waals surface area contributed by atoms with E-state index in [4.69, 9.17) is 10.1 Å². The number of anilines is 1. The van der Waals surface area contributed by atoms with E-state index in [0.29, 0.717) is 17.9 Å². The third-order valence-electron chi connectivity index (χ3n) is 3.17. The minimum Gasteiger partial charge on any atom is -0.372 e. The Morgan fingerprint density at radius 1 is 1.12 bits per heavy atom. The molecule has 0 unspecified atom stereocenters. The van der Waals surface area contributed by atoms with E-state index in [9.17, 15) is 13.2 Å². The first kappa shape index (κ1) is 17.7. The zero-order chi connectivity index (χ0) is 17.4. The predicted octanol–water partition coefficient (Wildman–Crippen LogP) is 4.75. The minimum absolute atomic E-state index is 0.162. The largest absolute Gasteiger partial charge is 0.372 e. The smallest absolute Gasteiger partial charge is 0.279 e. The summed E-state index contributed by atoms with van der Waals surface area (Å²) in [5.74, 6) is -0.414. The van der Waals surface area contributed by atoms with Crippen molar-refractivity contribution in [3.8, 4) is 0 Å². The molecule has 0 aromatic heterocycles. The van der Waals surface area contributed by atoms with Crippen LogP contribution < -0.4 is 5.32 Å². The van der Waals surface area contributed by atoms with E-state index in [-0.39, 0.29) is 6.61 Å². The van der Waals surface area contributed by atoms with E-state index in [1.807, 2.05) is 30.3 Å². The fraction of sp³-hybridized carbons (Fsp3) is 0.167. The van der Waals surface area contributed by atoms with E-state index in [0.717, 1.165) is 11.6 Å². The topological polar surface area (TPSA) is 45.1 Å². The van der Waals surface area contributed by atoms with Crippen molar-refractivity contribution >= 4 is 11.4 Å². The standard InChI is InChI=1S/C18H17F3N2O/c19-15-6-7-17(23-9-8-16(22)18(20)21)14(10-15)12-24-11-13-4-2-1-3-5-13/h1-10,18,22-23H,11-12H2/b9-8-,22-16?. The highest BCUT2D eigenvalue weighted by Gasteiger charge is 2.07. The highest BCUT2D eigenvalue weighted by Crippen LogP contribution is 2.19. The van der Waals surface area contributed by atoms with Crippen molar-refractivity contribution in [2.75, 3.05) is 5.32 Å². The second-order valence-electron chi connectivity index (χ2n) is 5.01. The van der Waals surface area contributed by atoms with Gasteiger partial charge in [-0.25, -0.2) is 13.2 Å². The van der Waals surface area contributed by atoms with Gasteiger partial charge in [0, 0.05) is 17.5 Å². The number of benzene rings is 2. The molecule has 0 aliphatic rings.